The van der Waals surface area contributed by atoms with Gasteiger partial charge in [-0.3, -0.25) is 19.7 Å². The summed E-state index contributed by atoms with van der Waals surface area (Å²) in [5.74, 6) is -1.03. The van der Waals surface area contributed by atoms with Crippen LogP contribution in [0.3, 0.4) is 0 Å². The summed E-state index contributed by atoms with van der Waals surface area (Å²) in [7, 11) is 3.92. The van der Waals surface area contributed by atoms with Crippen LogP contribution in [-0.4, -0.2) is 41.9 Å². The molecule has 7 nitrogen and oxygen atoms in total. The molecule has 0 saturated carbocycles. The number of nitrogens with one attached hydrogen (secondary N) is 1. The van der Waals surface area contributed by atoms with E-state index in [2.05, 4.69) is 10.4 Å². The maximum Gasteiger partial charge on any atom is 0.290 e. The van der Waals surface area contributed by atoms with Gasteiger partial charge in [0.2, 0.25) is 0 Å². The fourth-order valence-electron chi connectivity index (χ4n) is 3.38. The van der Waals surface area contributed by atoms with Gasteiger partial charge in [0.05, 0.1) is 16.7 Å². The SMILES string of the molecule is CN(C)c1ccc(C2CC(c3ccc(Cl)cc3)=NN2C(=O)/C=C2\SC(=O)NC2=O)cc1. The molecule has 2 heterocycles. The number of anilines is 1. The predicted molar refractivity (Wildman–Crippen MR) is 122 cm³/mol. The number of nitrogens with zero attached hydrogens (tertiary/aromatic N) is 3. The van der Waals surface area contributed by atoms with Crippen molar-refractivity contribution >= 4 is 51.8 Å². The molecule has 0 bridgehead atoms. The largest absolute Gasteiger partial charge is 0.378 e. The molecule has 31 heavy (non-hydrogen) atoms. The molecule has 2 aromatic carbocycles. The molecule has 2 aromatic rings. The first-order chi connectivity index (χ1) is 14.8. The topological polar surface area (TPSA) is 82.1 Å². The summed E-state index contributed by atoms with van der Waals surface area (Å²) >= 11 is 6.71. The van der Waals surface area contributed by atoms with Gasteiger partial charge in [0.1, 0.15) is 0 Å². The van der Waals surface area contributed by atoms with E-state index in [0.717, 1.165) is 22.5 Å². The first-order valence-electron chi connectivity index (χ1n) is 9.50. The third-order valence-electron chi connectivity index (χ3n) is 5.00. The van der Waals surface area contributed by atoms with Crippen LogP contribution in [0.1, 0.15) is 23.6 Å². The maximum absolute atomic E-state index is 13.1. The number of hydrogen-bond donors (Lipinski definition) is 1. The fraction of sp³-hybridized carbons (Fsp3) is 0.182. The van der Waals surface area contributed by atoms with Crippen molar-refractivity contribution in [2.24, 2.45) is 5.10 Å². The van der Waals surface area contributed by atoms with Crippen LogP contribution >= 0.6 is 23.4 Å². The number of carbonyl (C=O) groups is 3. The zero-order valence-electron chi connectivity index (χ0n) is 16.8. The fourth-order valence-corrected chi connectivity index (χ4v) is 4.16. The first kappa shape index (κ1) is 21.1. The van der Waals surface area contributed by atoms with Crippen molar-refractivity contribution in [3.8, 4) is 0 Å². The van der Waals surface area contributed by atoms with Crippen molar-refractivity contribution in [1.29, 1.82) is 0 Å². The first-order valence-corrected chi connectivity index (χ1v) is 10.7. The van der Waals surface area contributed by atoms with Crippen molar-refractivity contribution in [2.75, 3.05) is 19.0 Å². The Morgan fingerprint density at radius 2 is 1.84 bits per heavy atom. The van der Waals surface area contributed by atoms with E-state index in [9.17, 15) is 14.4 Å². The number of hydrogen-bond acceptors (Lipinski definition) is 6. The normalized spacial score (nSPS) is 19.6. The second kappa shape index (κ2) is 8.56. The number of imide groups is 1. The standard InChI is InChI=1S/C22H19ClN4O3S/c1-26(2)16-9-5-14(6-10-16)18-11-17(13-3-7-15(23)8-4-13)25-27(18)20(28)12-19-21(29)24-22(30)31-19/h3-10,12,18H,11H2,1-2H3,(H,24,29,30)/b19-12-. The Kier molecular flexibility index (Phi) is 5.84. The van der Waals surface area contributed by atoms with Crippen LogP contribution in [0, 0.1) is 0 Å². The molecule has 1 fully saturated rings. The van der Waals surface area contributed by atoms with Crippen LogP contribution in [0.4, 0.5) is 10.5 Å². The van der Waals surface area contributed by atoms with Crippen molar-refractivity contribution < 1.29 is 14.4 Å². The van der Waals surface area contributed by atoms with E-state index in [4.69, 9.17) is 11.6 Å². The molecule has 9 heteroatoms. The van der Waals surface area contributed by atoms with Gasteiger partial charge >= 0.3 is 0 Å². The molecule has 2 aliphatic heterocycles. The number of halogens is 1. The van der Waals surface area contributed by atoms with Gasteiger partial charge in [-0.1, -0.05) is 35.9 Å². The molecule has 3 amide bonds. The highest BCUT2D eigenvalue weighted by Gasteiger charge is 2.34. The third-order valence-corrected chi connectivity index (χ3v) is 6.07. The monoisotopic (exact) mass is 454 g/mol. The number of carbonyl (C=O) groups excluding carboxylic acids is 3. The average Bonchev–Trinajstić information content (AvgIpc) is 3.32. The Balaban J connectivity index is 1.68. The summed E-state index contributed by atoms with van der Waals surface area (Å²) in [4.78, 5) is 38.4. The van der Waals surface area contributed by atoms with Gasteiger partial charge in [0.25, 0.3) is 17.1 Å². The minimum Gasteiger partial charge on any atom is -0.378 e. The molecule has 158 valence electrons. The van der Waals surface area contributed by atoms with Crippen LogP contribution in [-0.2, 0) is 9.59 Å². The lowest BCUT2D eigenvalue weighted by Crippen LogP contribution is -2.26. The lowest BCUT2D eigenvalue weighted by molar-refractivity contribution is -0.128. The van der Waals surface area contributed by atoms with Gasteiger partial charge in [-0.2, -0.15) is 5.10 Å². The predicted octanol–water partition coefficient (Wildman–Crippen LogP) is 3.95. The molecule has 0 spiro atoms. The molecular formula is C22H19ClN4O3S. The van der Waals surface area contributed by atoms with Crippen molar-refractivity contribution in [1.82, 2.24) is 10.3 Å². The van der Waals surface area contributed by atoms with E-state index < -0.39 is 17.1 Å². The molecule has 1 atom stereocenters. The molecule has 2 aliphatic rings. The van der Waals surface area contributed by atoms with E-state index in [1.807, 2.05) is 55.4 Å². The second-order valence-corrected chi connectivity index (χ2v) is 8.75. The highest BCUT2D eigenvalue weighted by atomic mass is 35.5. The highest BCUT2D eigenvalue weighted by Crippen LogP contribution is 2.35. The number of thioether (sulfide) groups is 1. The lowest BCUT2D eigenvalue weighted by Gasteiger charge is -2.22. The summed E-state index contributed by atoms with van der Waals surface area (Å²) in [5, 5.41) is 8.22. The van der Waals surface area contributed by atoms with Crippen molar-refractivity contribution in [3.05, 3.63) is 75.7 Å². The quantitative estimate of drug-likeness (QED) is 0.707. The summed E-state index contributed by atoms with van der Waals surface area (Å²) in [5.41, 5.74) is 3.57. The van der Waals surface area contributed by atoms with Crippen LogP contribution in [0.25, 0.3) is 0 Å². The molecule has 1 unspecified atom stereocenters. The van der Waals surface area contributed by atoms with E-state index in [1.54, 1.807) is 12.1 Å². The van der Waals surface area contributed by atoms with Gasteiger partial charge in [-0.15, -0.1) is 0 Å². The minimum atomic E-state index is -0.573. The van der Waals surface area contributed by atoms with Gasteiger partial charge in [-0.25, -0.2) is 5.01 Å². The Morgan fingerprint density at radius 3 is 2.42 bits per heavy atom. The smallest absolute Gasteiger partial charge is 0.290 e. The number of benzene rings is 2. The zero-order chi connectivity index (χ0) is 22.1. The second-order valence-electron chi connectivity index (χ2n) is 7.29. The third kappa shape index (κ3) is 4.50. The Morgan fingerprint density at radius 1 is 1.16 bits per heavy atom. The molecular weight excluding hydrogens is 436 g/mol. The summed E-state index contributed by atoms with van der Waals surface area (Å²) in [6, 6.07) is 14.8. The zero-order valence-corrected chi connectivity index (χ0v) is 18.4. The number of amides is 3. The molecule has 4 rings (SSSR count). The molecule has 0 radical (unpaired) electrons. The molecule has 1 saturated heterocycles. The van der Waals surface area contributed by atoms with Crippen LogP contribution in [0.2, 0.25) is 5.02 Å². The Hall–Kier alpha value is -3.10. The molecule has 0 aliphatic carbocycles. The van der Waals surface area contributed by atoms with E-state index >= 15 is 0 Å². The number of rotatable bonds is 4. The van der Waals surface area contributed by atoms with E-state index in [0.29, 0.717) is 23.2 Å². The summed E-state index contributed by atoms with van der Waals surface area (Å²) < 4.78 is 0. The van der Waals surface area contributed by atoms with Gasteiger partial charge in [-0.05, 0) is 47.2 Å². The minimum absolute atomic E-state index is 0.0619. The molecule has 0 aromatic heterocycles. The lowest BCUT2D eigenvalue weighted by atomic mass is 9.98. The Labute approximate surface area is 188 Å². The highest BCUT2D eigenvalue weighted by molar-refractivity contribution is 8.18. The van der Waals surface area contributed by atoms with Crippen LogP contribution < -0.4 is 10.2 Å². The van der Waals surface area contributed by atoms with Crippen molar-refractivity contribution in [2.45, 2.75) is 12.5 Å². The number of hydrazone groups is 1. The van der Waals surface area contributed by atoms with E-state index in [1.165, 1.54) is 11.1 Å². The summed E-state index contributed by atoms with van der Waals surface area (Å²) in [6.45, 7) is 0. The summed E-state index contributed by atoms with van der Waals surface area (Å²) in [6.07, 6.45) is 1.68. The van der Waals surface area contributed by atoms with Crippen LogP contribution in [0.5, 0.6) is 0 Å². The van der Waals surface area contributed by atoms with Gasteiger partial charge in [0, 0.05) is 37.3 Å². The van der Waals surface area contributed by atoms with Crippen molar-refractivity contribution in [3.63, 3.8) is 0 Å². The maximum atomic E-state index is 13.1. The van der Waals surface area contributed by atoms with E-state index in [-0.39, 0.29) is 10.9 Å². The Bertz CT molecular complexity index is 1110. The van der Waals surface area contributed by atoms with Gasteiger partial charge < -0.3 is 4.90 Å². The van der Waals surface area contributed by atoms with Crippen LogP contribution in [0.15, 0.2) is 64.6 Å². The average molecular weight is 455 g/mol. The molecule has 1 N–H and O–H groups in total. The van der Waals surface area contributed by atoms with Gasteiger partial charge in [0.15, 0.2) is 0 Å².